The predicted octanol–water partition coefficient (Wildman–Crippen LogP) is 6.04. The number of carbonyl (C=O) groups is 4. The van der Waals surface area contributed by atoms with E-state index in [1.54, 1.807) is 86.7 Å². The maximum atomic E-state index is 15.7. The highest BCUT2D eigenvalue weighted by Gasteiger charge is 2.52. The number of carbonyl (C=O) groups excluding carboxylic acids is 3. The molecule has 1 atom stereocenters. The minimum absolute atomic E-state index is 0.00979. The summed E-state index contributed by atoms with van der Waals surface area (Å²) < 4.78 is 51.7. The highest BCUT2D eigenvalue weighted by molar-refractivity contribution is 6.58. The minimum atomic E-state index is -4.10. The normalized spacial score (nSPS) is 14.4. The van der Waals surface area contributed by atoms with E-state index >= 15 is 8.63 Å². The van der Waals surface area contributed by atoms with E-state index in [1.165, 1.54) is 24.3 Å². The fourth-order valence-corrected chi connectivity index (χ4v) is 6.67. The zero-order valence-corrected chi connectivity index (χ0v) is 30.2. The number of benzene rings is 3. The number of nitrogens with zero attached hydrogens (tertiary/aromatic N) is 2. The second kappa shape index (κ2) is 16.3. The third-order valence-corrected chi connectivity index (χ3v) is 9.45. The molecule has 3 heterocycles. The summed E-state index contributed by atoms with van der Waals surface area (Å²) in [5.41, 5.74) is 5.66. The number of aryl methyl sites for hydroxylation is 2. The molecule has 0 unspecified atom stereocenters. The second-order valence-electron chi connectivity index (χ2n) is 13.5. The molecule has 11 nitrogen and oxygen atoms in total. The first-order valence-corrected chi connectivity index (χ1v) is 17.7. The van der Waals surface area contributed by atoms with Crippen molar-refractivity contribution in [1.29, 1.82) is 0 Å². The van der Waals surface area contributed by atoms with Crippen LogP contribution in [0.15, 0.2) is 96.7 Å². The summed E-state index contributed by atoms with van der Waals surface area (Å²) in [6, 6.07) is 19.5. The van der Waals surface area contributed by atoms with Gasteiger partial charge < -0.3 is 43.4 Å². The molecule has 4 aromatic rings. The summed E-state index contributed by atoms with van der Waals surface area (Å²) in [7, 11) is 0. The van der Waals surface area contributed by atoms with Crippen molar-refractivity contribution in [1.82, 2.24) is 15.1 Å². The minimum Gasteiger partial charge on any atom is -0.480 e. The van der Waals surface area contributed by atoms with Crippen molar-refractivity contribution < 1.29 is 46.5 Å². The summed E-state index contributed by atoms with van der Waals surface area (Å²) in [6.45, 7) is -0.603. The molecular weight excluding hydrogens is 714 g/mol. The first kappa shape index (κ1) is 38.4. The van der Waals surface area contributed by atoms with Gasteiger partial charge in [-0.2, -0.15) is 0 Å². The molecule has 6 rings (SSSR count). The third-order valence-electron chi connectivity index (χ3n) is 9.45. The summed E-state index contributed by atoms with van der Waals surface area (Å²) in [4.78, 5) is 49.4. The van der Waals surface area contributed by atoms with Gasteiger partial charge in [0.1, 0.15) is 24.2 Å². The van der Waals surface area contributed by atoms with Gasteiger partial charge in [-0.3, -0.25) is 9.59 Å². The van der Waals surface area contributed by atoms with Crippen molar-refractivity contribution in [2.75, 3.05) is 5.32 Å². The van der Waals surface area contributed by atoms with Crippen LogP contribution in [0, 0.1) is 19.7 Å². The van der Waals surface area contributed by atoms with E-state index < -0.39 is 25.1 Å². The van der Waals surface area contributed by atoms with Crippen molar-refractivity contribution in [3.05, 3.63) is 142 Å². The van der Waals surface area contributed by atoms with Gasteiger partial charge in [-0.05, 0) is 77.7 Å². The molecule has 2 aliphatic heterocycles. The maximum Gasteiger partial charge on any atom is 0.737 e. The largest absolute Gasteiger partial charge is 0.737 e. The number of carboxylic acid groups (broad SMARTS) is 1. The zero-order valence-electron chi connectivity index (χ0n) is 30.2. The molecule has 0 saturated carbocycles. The number of halogens is 3. The number of alkyl carbamates (subject to hydrolysis) is 1. The number of carboxylic acids is 1. The van der Waals surface area contributed by atoms with Crippen LogP contribution in [-0.4, -0.2) is 56.7 Å². The van der Waals surface area contributed by atoms with Crippen molar-refractivity contribution in [2.45, 2.75) is 58.7 Å². The van der Waals surface area contributed by atoms with Crippen LogP contribution in [0.2, 0.25) is 0 Å². The van der Waals surface area contributed by atoms with E-state index in [0.29, 0.717) is 45.2 Å². The zero-order chi connectivity index (χ0) is 39.3. The lowest BCUT2D eigenvalue weighted by molar-refractivity contribution is -0.362. The molecule has 0 aliphatic carbocycles. The quantitative estimate of drug-likeness (QED) is 0.116. The van der Waals surface area contributed by atoms with E-state index in [0.717, 1.165) is 20.1 Å². The average molecular weight is 754 g/mol. The Morgan fingerprint density at radius 2 is 1.53 bits per heavy atom. The van der Waals surface area contributed by atoms with Crippen LogP contribution in [0.5, 0.6) is 0 Å². The van der Waals surface area contributed by atoms with Gasteiger partial charge in [0.05, 0.1) is 6.42 Å². The molecular formula is C40H39BF3N5O6. The van der Waals surface area contributed by atoms with Gasteiger partial charge >= 0.3 is 19.0 Å². The number of aliphatic carboxylic acids is 1. The maximum absolute atomic E-state index is 15.7. The van der Waals surface area contributed by atoms with Gasteiger partial charge in [-0.1, -0.05) is 48.5 Å². The Bertz CT molecular complexity index is 2210. The fraction of sp³-hybridized carbons (Fsp3) is 0.225. The lowest BCUT2D eigenvalue weighted by Crippen LogP contribution is -2.50. The molecule has 1 aromatic heterocycles. The van der Waals surface area contributed by atoms with E-state index in [-0.39, 0.29) is 56.5 Å². The van der Waals surface area contributed by atoms with Crippen LogP contribution < -0.4 is 16.0 Å². The molecule has 4 N–H and O–H groups in total. The number of anilines is 1. The Balaban J connectivity index is 0.931. The van der Waals surface area contributed by atoms with Crippen molar-refractivity contribution in [3.63, 3.8) is 0 Å². The molecule has 0 fully saturated rings. The number of hydrogen-bond acceptors (Lipinski definition) is 5. The highest BCUT2D eigenvalue weighted by atomic mass is 19.2. The monoisotopic (exact) mass is 753 g/mol. The molecule has 0 bridgehead atoms. The molecule has 3 amide bonds. The highest BCUT2D eigenvalue weighted by Crippen LogP contribution is 2.34. The molecule has 15 heteroatoms. The first-order chi connectivity index (χ1) is 26.3. The van der Waals surface area contributed by atoms with Gasteiger partial charge in [-0.25, -0.2) is 14.0 Å². The molecule has 0 radical (unpaired) electrons. The number of amides is 3. The van der Waals surface area contributed by atoms with Gasteiger partial charge in [0, 0.05) is 55.4 Å². The number of fused-ring (bicyclic) bond motifs is 2. The molecule has 284 valence electrons. The molecule has 55 heavy (non-hydrogen) atoms. The van der Waals surface area contributed by atoms with E-state index in [1.807, 2.05) is 0 Å². The molecule has 0 spiro atoms. The molecule has 2 aliphatic rings. The number of ether oxygens (including phenoxy) is 1. The first-order valence-electron chi connectivity index (χ1n) is 17.7. The predicted molar refractivity (Wildman–Crippen MR) is 201 cm³/mol. The fourth-order valence-electron chi connectivity index (χ4n) is 6.67. The summed E-state index contributed by atoms with van der Waals surface area (Å²) >= 11 is 0. The van der Waals surface area contributed by atoms with Crippen LogP contribution in [0.1, 0.15) is 52.0 Å². The number of aromatic nitrogens is 1. The van der Waals surface area contributed by atoms with Crippen molar-refractivity contribution in [2.24, 2.45) is 0 Å². The topological polar surface area (TPSA) is 142 Å². The Morgan fingerprint density at radius 1 is 0.873 bits per heavy atom. The van der Waals surface area contributed by atoms with Crippen molar-refractivity contribution in [3.8, 4) is 0 Å². The smallest absolute Gasteiger partial charge is 0.480 e. The van der Waals surface area contributed by atoms with Crippen LogP contribution >= 0.6 is 0 Å². The Labute approximate surface area is 315 Å². The summed E-state index contributed by atoms with van der Waals surface area (Å²) in [5.74, 6) is -2.23. The Morgan fingerprint density at radius 3 is 2.22 bits per heavy atom. The van der Waals surface area contributed by atoms with Gasteiger partial charge in [-0.15, -0.1) is 0 Å². The number of nitrogens with one attached hydrogen (secondary N) is 3. The van der Waals surface area contributed by atoms with Crippen LogP contribution in [0.4, 0.5) is 23.5 Å². The summed E-state index contributed by atoms with van der Waals surface area (Å²) in [6.07, 6.45) is 4.27. The van der Waals surface area contributed by atoms with Crippen LogP contribution in [0.25, 0.3) is 6.08 Å². The average Bonchev–Trinajstić information content (AvgIpc) is 3.70. The van der Waals surface area contributed by atoms with E-state index in [9.17, 15) is 28.7 Å². The van der Waals surface area contributed by atoms with E-state index in [2.05, 4.69) is 16.0 Å². The lowest BCUT2D eigenvalue weighted by atomic mass is 9.90. The SMILES string of the molecule is Cc1cc(C)n2c1C=C1C=CC(CCC(=O)NCc3ccc(C[C@H](NC(=O)OCc4ccc(NC(=O)Cc5ccc(F)cc5)cc4)C(=O)O)cc3)=[N+]1[B-]2(F)F. The van der Waals surface area contributed by atoms with Crippen molar-refractivity contribution >= 4 is 48.3 Å². The molecule has 3 aromatic carbocycles. The number of rotatable bonds is 14. The van der Waals surface area contributed by atoms with Gasteiger partial charge in [0.15, 0.2) is 5.70 Å². The second-order valence-corrected chi connectivity index (χ2v) is 13.5. The number of allylic oxidation sites excluding steroid dienone is 2. The van der Waals surface area contributed by atoms with Crippen LogP contribution in [0.3, 0.4) is 0 Å². The van der Waals surface area contributed by atoms with Crippen LogP contribution in [-0.2, 0) is 45.1 Å². The van der Waals surface area contributed by atoms with Gasteiger partial charge in [0.25, 0.3) is 0 Å². The summed E-state index contributed by atoms with van der Waals surface area (Å²) in [5, 5.41) is 17.6. The Kier molecular flexibility index (Phi) is 11.4. The Hall–Kier alpha value is -6.38. The lowest BCUT2D eigenvalue weighted by Gasteiger charge is -2.30. The number of hydrogen-bond donors (Lipinski definition) is 4. The van der Waals surface area contributed by atoms with E-state index in [4.69, 9.17) is 4.74 Å². The standard InChI is InChI=1S/C40H39BF3N5O6/c1-25-19-26(2)48-36(25)22-34-16-15-33(49(34)41(48,43)44)17-18-37(50)45-23-29-5-3-27(4-6-29)20-35(39(52)53)47-40(54)55-24-30-9-13-32(14-10-30)46-38(51)21-28-7-11-31(42)12-8-28/h3-16,19,22,35H,17-18,20-21,23-24H2,1-2H3,(H,45,50)(H,46,51)(H,47,54)(H,52,53)/t35-/m0/s1. The molecule has 0 saturated heterocycles. The van der Waals surface area contributed by atoms with Gasteiger partial charge in [0.2, 0.25) is 11.8 Å². The third kappa shape index (κ3) is 9.23.